The molecule has 0 saturated carbocycles. The molecule has 24 heavy (non-hydrogen) atoms. The third kappa shape index (κ3) is 4.70. The molecule has 0 radical (unpaired) electrons. The predicted octanol–water partition coefficient (Wildman–Crippen LogP) is 1.81. The largest absolute Gasteiger partial charge is 0.459 e. The summed E-state index contributed by atoms with van der Waals surface area (Å²) in [4.78, 5) is 35.0. The van der Waals surface area contributed by atoms with Gasteiger partial charge >= 0.3 is 5.97 Å². The molecule has 0 atom stereocenters. The Bertz CT molecular complexity index is 717. The van der Waals surface area contributed by atoms with Gasteiger partial charge < -0.3 is 19.8 Å². The van der Waals surface area contributed by atoms with Crippen molar-refractivity contribution in [3.63, 3.8) is 0 Å². The van der Waals surface area contributed by atoms with Gasteiger partial charge in [-0.3, -0.25) is 14.4 Å². The molecule has 2 amide bonds. The first-order valence-electron chi connectivity index (χ1n) is 7.31. The van der Waals surface area contributed by atoms with Crippen LogP contribution >= 0.6 is 0 Å². The maximum atomic E-state index is 11.9. The van der Waals surface area contributed by atoms with Gasteiger partial charge in [-0.15, -0.1) is 0 Å². The van der Waals surface area contributed by atoms with E-state index in [9.17, 15) is 14.4 Å². The molecule has 1 aromatic heterocycles. The quantitative estimate of drug-likeness (QED) is 0.787. The van der Waals surface area contributed by atoms with E-state index in [0.29, 0.717) is 5.69 Å². The summed E-state index contributed by atoms with van der Waals surface area (Å²) in [6, 6.07) is 8.67. The lowest BCUT2D eigenvalue weighted by atomic mass is 10.1. The number of amides is 2. The smallest absolute Gasteiger partial charge is 0.325 e. The predicted molar refractivity (Wildman–Crippen MR) is 86.5 cm³/mol. The second kappa shape index (κ2) is 7.96. The van der Waals surface area contributed by atoms with E-state index in [4.69, 9.17) is 9.15 Å². The van der Waals surface area contributed by atoms with Crippen molar-refractivity contribution in [3.8, 4) is 0 Å². The molecule has 0 bridgehead atoms. The summed E-state index contributed by atoms with van der Waals surface area (Å²) in [5, 5.41) is 5.04. The summed E-state index contributed by atoms with van der Waals surface area (Å²) in [6.45, 7) is 2.97. The van der Waals surface area contributed by atoms with Crippen molar-refractivity contribution in [2.75, 3.05) is 18.5 Å². The van der Waals surface area contributed by atoms with Crippen LogP contribution in [0.1, 0.15) is 21.7 Å². The third-order valence-electron chi connectivity index (χ3n) is 3.25. The Morgan fingerprint density at radius 3 is 2.42 bits per heavy atom. The van der Waals surface area contributed by atoms with E-state index in [1.807, 2.05) is 32.0 Å². The maximum Gasteiger partial charge on any atom is 0.325 e. The topological polar surface area (TPSA) is 97.6 Å². The van der Waals surface area contributed by atoms with Gasteiger partial charge in [0.05, 0.1) is 6.26 Å². The molecular weight excluding hydrogens is 312 g/mol. The van der Waals surface area contributed by atoms with E-state index < -0.39 is 24.4 Å². The number of carbonyl (C=O) groups is 3. The number of hydrogen-bond acceptors (Lipinski definition) is 5. The first-order chi connectivity index (χ1) is 11.5. The number of aryl methyl sites for hydroxylation is 2. The van der Waals surface area contributed by atoms with Crippen LogP contribution in [-0.4, -0.2) is 30.9 Å². The monoisotopic (exact) mass is 330 g/mol. The van der Waals surface area contributed by atoms with Crippen LogP contribution in [0, 0.1) is 13.8 Å². The highest BCUT2D eigenvalue weighted by Gasteiger charge is 2.13. The Morgan fingerprint density at radius 2 is 1.79 bits per heavy atom. The van der Waals surface area contributed by atoms with Crippen molar-refractivity contribution in [1.29, 1.82) is 0 Å². The van der Waals surface area contributed by atoms with E-state index in [0.717, 1.165) is 11.1 Å². The van der Waals surface area contributed by atoms with E-state index in [1.165, 1.54) is 12.3 Å². The lowest BCUT2D eigenvalue weighted by Crippen LogP contribution is -2.32. The van der Waals surface area contributed by atoms with Crippen LogP contribution in [0.2, 0.25) is 0 Å². The number of anilines is 1. The molecule has 0 unspecified atom stereocenters. The van der Waals surface area contributed by atoms with Crippen molar-refractivity contribution in [3.05, 3.63) is 53.5 Å². The van der Waals surface area contributed by atoms with E-state index in [2.05, 4.69) is 10.6 Å². The molecule has 7 heteroatoms. The highest BCUT2D eigenvalue weighted by atomic mass is 16.5. The zero-order valence-corrected chi connectivity index (χ0v) is 13.4. The van der Waals surface area contributed by atoms with Gasteiger partial charge in [-0.2, -0.15) is 0 Å². The first-order valence-corrected chi connectivity index (χ1v) is 7.31. The van der Waals surface area contributed by atoms with Crippen molar-refractivity contribution < 1.29 is 23.5 Å². The second-order valence-electron chi connectivity index (χ2n) is 5.14. The summed E-state index contributed by atoms with van der Waals surface area (Å²) >= 11 is 0. The summed E-state index contributed by atoms with van der Waals surface area (Å²) in [5.41, 5.74) is 2.53. The molecule has 0 aliphatic carbocycles. The van der Waals surface area contributed by atoms with Gasteiger partial charge in [-0.25, -0.2) is 0 Å². The number of ether oxygens (including phenoxy) is 1. The van der Waals surface area contributed by atoms with Crippen LogP contribution in [0.3, 0.4) is 0 Å². The number of para-hydroxylation sites is 1. The highest BCUT2D eigenvalue weighted by Crippen LogP contribution is 2.19. The molecule has 0 fully saturated rings. The van der Waals surface area contributed by atoms with Gasteiger partial charge in [0, 0.05) is 5.69 Å². The van der Waals surface area contributed by atoms with Gasteiger partial charge in [-0.1, -0.05) is 18.2 Å². The van der Waals surface area contributed by atoms with E-state index in [1.54, 1.807) is 6.07 Å². The van der Waals surface area contributed by atoms with Crippen LogP contribution in [0.15, 0.2) is 41.0 Å². The molecule has 0 spiro atoms. The third-order valence-corrected chi connectivity index (χ3v) is 3.25. The number of esters is 1. The Kier molecular flexibility index (Phi) is 5.73. The molecule has 0 saturated heterocycles. The van der Waals surface area contributed by atoms with Crippen molar-refractivity contribution >= 4 is 23.5 Å². The van der Waals surface area contributed by atoms with Crippen molar-refractivity contribution in [1.82, 2.24) is 5.32 Å². The summed E-state index contributed by atoms with van der Waals surface area (Å²) < 4.78 is 9.71. The summed E-state index contributed by atoms with van der Waals surface area (Å²) in [7, 11) is 0. The Morgan fingerprint density at radius 1 is 1.08 bits per heavy atom. The van der Waals surface area contributed by atoms with Gasteiger partial charge in [0.2, 0.25) is 0 Å². The van der Waals surface area contributed by atoms with Crippen LogP contribution in [-0.2, 0) is 14.3 Å². The van der Waals surface area contributed by atoms with Crippen LogP contribution in [0.4, 0.5) is 5.69 Å². The minimum absolute atomic E-state index is 0.0931. The number of rotatable bonds is 6. The van der Waals surface area contributed by atoms with E-state index >= 15 is 0 Å². The minimum Gasteiger partial charge on any atom is -0.459 e. The molecule has 1 aromatic carbocycles. The van der Waals surface area contributed by atoms with Crippen LogP contribution < -0.4 is 10.6 Å². The fourth-order valence-corrected chi connectivity index (χ4v) is 2.03. The maximum absolute atomic E-state index is 11.9. The number of hydrogen-bond donors (Lipinski definition) is 2. The zero-order valence-electron chi connectivity index (χ0n) is 13.4. The average molecular weight is 330 g/mol. The Labute approximate surface area is 139 Å². The van der Waals surface area contributed by atoms with Gasteiger partial charge in [0.1, 0.15) is 6.54 Å². The van der Waals surface area contributed by atoms with Crippen LogP contribution in [0.25, 0.3) is 0 Å². The highest BCUT2D eigenvalue weighted by molar-refractivity contribution is 5.95. The summed E-state index contributed by atoms with van der Waals surface area (Å²) in [5.74, 6) is -1.60. The lowest BCUT2D eigenvalue weighted by Gasteiger charge is -2.11. The Hall–Kier alpha value is -3.09. The standard InChI is InChI=1S/C17H18N2O5/c1-11-5-3-6-12(2)16(11)19-14(20)10-24-15(21)9-18-17(22)13-7-4-8-23-13/h3-8H,9-10H2,1-2H3,(H,18,22)(H,19,20). The number of furan rings is 1. The molecule has 126 valence electrons. The van der Waals surface area contributed by atoms with Gasteiger partial charge in [0.15, 0.2) is 12.4 Å². The number of carbonyl (C=O) groups excluding carboxylic acids is 3. The summed E-state index contributed by atoms with van der Waals surface area (Å²) in [6.07, 6.45) is 1.35. The van der Waals surface area contributed by atoms with Crippen molar-refractivity contribution in [2.24, 2.45) is 0 Å². The minimum atomic E-state index is -0.716. The number of benzene rings is 1. The molecule has 7 nitrogen and oxygen atoms in total. The second-order valence-corrected chi connectivity index (χ2v) is 5.14. The molecule has 2 aromatic rings. The Balaban J connectivity index is 1.75. The lowest BCUT2D eigenvalue weighted by molar-refractivity contribution is -0.146. The fourth-order valence-electron chi connectivity index (χ4n) is 2.03. The molecule has 0 aliphatic heterocycles. The zero-order chi connectivity index (χ0) is 17.5. The van der Waals surface area contributed by atoms with Crippen LogP contribution in [0.5, 0.6) is 0 Å². The van der Waals surface area contributed by atoms with E-state index in [-0.39, 0.29) is 12.3 Å². The molecule has 2 rings (SSSR count). The molecule has 2 N–H and O–H groups in total. The normalized spacial score (nSPS) is 10.1. The fraction of sp³-hybridized carbons (Fsp3) is 0.235. The molecule has 1 heterocycles. The van der Waals surface area contributed by atoms with Crippen molar-refractivity contribution in [2.45, 2.75) is 13.8 Å². The van der Waals surface area contributed by atoms with Gasteiger partial charge in [-0.05, 0) is 37.1 Å². The SMILES string of the molecule is Cc1cccc(C)c1NC(=O)COC(=O)CNC(=O)c1ccco1. The molecule has 0 aliphatic rings. The first kappa shape index (κ1) is 17.3. The average Bonchev–Trinajstić information content (AvgIpc) is 3.09. The number of nitrogens with one attached hydrogen (secondary N) is 2. The molecular formula is C17H18N2O5. The van der Waals surface area contributed by atoms with Gasteiger partial charge in [0.25, 0.3) is 11.8 Å².